The molecule has 0 fully saturated rings. The van der Waals surface area contributed by atoms with E-state index in [1.54, 1.807) is 24.3 Å². The van der Waals surface area contributed by atoms with E-state index in [2.05, 4.69) is 10.4 Å². The summed E-state index contributed by atoms with van der Waals surface area (Å²) in [7, 11) is -4.26. The molecule has 3 rings (SSSR count). The van der Waals surface area contributed by atoms with Crippen molar-refractivity contribution in [1.82, 2.24) is 9.78 Å². The molecule has 0 saturated heterocycles. The number of benzene rings is 2. The number of halogens is 3. The van der Waals surface area contributed by atoms with Gasteiger partial charge in [-0.1, -0.05) is 29.8 Å². The van der Waals surface area contributed by atoms with Crippen LogP contribution in [0.3, 0.4) is 0 Å². The van der Waals surface area contributed by atoms with Gasteiger partial charge < -0.3 is 5.32 Å². The fourth-order valence-electron chi connectivity index (χ4n) is 2.53. The Balaban J connectivity index is 1.97. The topological polar surface area (TPSA) is 107 Å². The molecule has 0 spiro atoms. The van der Waals surface area contributed by atoms with E-state index in [0.29, 0.717) is 15.3 Å². The van der Waals surface area contributed by atoms with Crippen LogP contribution in [0.4, 0.5) is 14.5 Å². The highest BCUT2D eigenvalue weighted by atomic mass is 35.5. The van der Waals surface area contributed by atoms with Gasteiger partial charge in [-0.2, -0.15) is 13.9 Å². The van der Waals surface area contributed by atoms with Crippen LogP contribution in [0.2, 0.25) is 5.02 Å². The molecule has 0 bridgehead atoms. The Morgan fingerprint density at radius 2 is 2.00 bits per heavy atom. The largest absolute Gasteiger partial charge is 0.333 e. The zero-order valence-electron chi connectivity index (χ0n) is 13.6. The molecule has 11 heteroatoms. The number of nitrogens with two attached hydrogens (primary N) is 1. The molecule has 0 aliphatic heterocycles. The molecule has 3 N–H and O–H groups in total. The molecule has 2 aromatic carbocycles. The Morgan fingerprint density at radius 1 is 1.30 bits per heavy atom. The normalized spacial score (nSPS) is 11.9. The van der Waals surface area contributed by atoms with E-state index in [-0.39, 0.29) is 23.0 Å². The molecule has 0 radical (unpaired) electrons. The third-order valence-electron chi connectivity index (χ3n) is 3.69. The Hall–Kier alpha value is -2.56. The highest BCUT2D eigenvalue weighted by Gasteiger charge is 2.20. The average molecular weight is 415 g/mol. The van der Waals surface area contributed by atoms with Gasteiger partial charge in [-0.3, -0.25) is 4.79 Å². The fourth-order valence-corrected chi connectivity index (χ4v) is 3.45. The van der Waals surface area contributed by atoms with Crippen molar-refractivity contribution in [2.45, 2.75) is 17.9 Å². The third-order valence-corrected chi connectivity index (χ3v) is 4.98. The molecule has 3 aromatic rings. The molecule has 27 heavy (non-hydrogen) atoms. The maximum atomic E-state index is 12.9. The zero-order valence-corrected chi connectivity index (χ0v) is 15.1. The fraction of sp³-hybridized carbons (Fsp3) is 0.125. The number of rotatable bonds is 5. The van der Waals surface area contributed by atoms with Crippen LogP contribution in [0.15, 0.2) is 47.5 Å². The van der Waals surface area contributed by atoms with Gasteiger partial charge in [-0.25, -0.2) is 18.2 Å². The number of amides is 1. The number of primary sulfonamides is 1. The summed E-state index contributed by atoms with van der Waals surface area (Å²) in [5, 5.41) is 11.7. The molecule has 1 heterocycles. The summed E-state index contributed by atoms with van der Waals surface area (Å²) in [4.78, 5) is 11.8. The number of hydrogen-bond donors (Lipinski definition) is 2. The lowest BCUT2D eigenvalue weighted by Gasteiger charge is -2.08. The molecular formula is C16H13ClF2N4O3S. The van der Waals surface area contributed by atoms with Crippen molar-refractivity contribution >= 4 is 44.1 Å². The van der Waals surface area contributed by atoms with E-state index >= 15 is 0 Å². The minimum absolute atomic E-state index is 0.0568. The first-order chi connectivity index (χ1) is 12.6. The number of nitrogens with zero attached hydrogens (tertiary/aromatic N) is 2. The quantitative estimate of drug-likeness (QED) is 0.669. The van der Waals surface area contributed by atoms with Crippen molar-refractivity contribution in [3.05, 3.63) is 53.2 Å². The summed E-state index contributed by atoms with van der Waals surface area (Å²) in [6.45, 7) is -2.95. The first kappa shape index (κ1) is 19.2. The number of carbonyl (C=O) groups excluding carboxylic acids is 1. The van der Waals surface area contributed by atoms with Gasteiger partial charge in [0.25, 0.3) is 0 Å². The maximum Gasteiger partial charge on any atom is 0.333 e. The van der Waals surface area contributed by atoms with Crippen LogP contribution < -0.4 is 10.5 Å². The number of aromatic nitrogens is 2. The summed E-state index contributed by atoms with van der Waals surface area (Å²) < 4.78 is 49.7. The summed E-state index contributed by atoms with van der Waals surface area (Å²) in [5.41, 5.74) is 0.453. The van der Waals surface area contributed by atoms with Gasteiger partial charge in [0.15, 0.2) is 0 Å². The second-order valence-corrected chi connectivity index (χ2v) is 7.60. The van der Waals surface area contributed by atoms with Crippen molar-refractivity contribution in [1.29, 1.82) is 0 Å². The number of alkyl halides is 2. The number of fused-ring (bicyclic) bond motifs is 1. The van der Waals surface area contributed by atoms with E-state index in [1.165, 1.54) is 6.07 Å². The monoisotopic (exact) mass is 414 g/mol. The molecule has 0 atom stereocenters. The Labute approximate surface area is 157 Å². The second-order valence-electron chi connectivity index (χ2n) is 5.66. The van der Waals surface area contributed by atoms with Gasteiger partial charge in [-0.05, 0) is 23.8 Å². The lowest BCUT2D eigenvalue weighted by molar-refractivity contribution is -0.115. The molecule has 0 saturated carbocycles. The van der Waals surface area contributed by atoms with Crippen molar-refractivity contribution in [2.24, 2.45) is 5.14 Å². The lowest BCUT2D eigenvalue weighted by Crippen LogP contribution is -2.17. The Morgan fingerprint density at radius 3 is 2.63 bits per heavy atom. The number of carbonyl (C=O) groups is 1. The van der Waals surface area contributed by atoms with E-state index in [1.807, 2.05) is 0 Å². The van der Waals surface area contributed by atoms with Gasteiger partial charge in [-0.15, -0.1) is 0 Å². The molecule has 0 aliphatic carbocycles. The van der Waals surface area contributed by atoms with E-state index in [9.17, 15) is 22.0 Å². The molecule has 0 unspecified atom stereocenters. The van der Waals surface area contributed by atoms with Crippen LogP contribution in [-0.2, 0) is 21.2 Å². The molecule has 0 aliphatic rings. The van der Waals surface area contributed by atoms with E-state index in [4.69, 9.17) is 16.7 Å². The van der Waals surface area contributed by atoms with Crippen molar-refractivity contribution < 1.29 is 22.0 Å². The number of anilines is 1. The zero-order chi connectivity index (χ0) is 19.8. The number of sulfonamides is 1. The van der Waals surface area contributed by atoms with Crippen LogP contribution in [0.5, 0.6) is 0 Å². The Kier molecular flexibility index (Phi) is 5.13. The molecular weight excluding hydrogens is 402 g/mol. The molecule has 7 nitrogen and oxygen atoms in total. The highest BCUT2D eigenvalue weighted by Crippen LogP contribution is 2.27. The van der Waals surface area contributed by atoms with Crippen molar-refractivity contribution in [3.8, 4) is 0 Å². The minimum Gasteiger partial charge on any atom is -0.326 e. The van der Waals surface area contributed by atoms with Gasteiger partial charge in [0.05, 0.1) is 6.42 Å². The highest BCUT2D eigenvalue weighted by molar-refractivity contribution is 7.89. The van der Waals surface area contributed by atoms with Gasteiger partial charge >= 0.3 is 6.55 Å². The standard InChI is InChI=1S/C16H13ClF2N4O3S/c17-12-4-2-1-3-9(12)6-14(24)21-11-5-10-8-23(16(18)19)22-15(10)13(7-11)27(20,25)26/h1-5,7-8,16H,6H2,(H,21,24)(H2,20,25,26). The SMILES string of the molecule is NS(=O)(=O)c1cc(NC(=O)Cc2ccccc2Cl)cc2cn(C(F)F)nc12. The molecule has 1 amide bonds. The van der Waals surface area contributed by atoms with Crippen LogP contribution in [0.1, 0.15) is 12.1 Å². The second kappa shape index (κ2) is 7.22. The summed E-state index contributed by atoms with van der Waals surface area (Å²) in [5.74, 6) is -0.468. The van der Waals surface area contributed by atoms with Crippen LogP contribution in [0.25, 0.3) is 10.9 Å². The first-order valence-corrected chi connectivity index (χ1v) is 9.44. The first-order valence-electron chi connectivity index (χ1n) is 7.52. The predicted molar refractivity (Wildman–Crippen MR) is 96.1 cm³/mol. The maximum absolute atomic E-state index is 12.9. The van der Waals surface area contributed by atoms with E-state index in [0.717, 1.165) is 12.3 Å². The Bertz CT molecular complexity index is 1130. The van der Waals surface area contributed by atoms with E-state index < -0.39 is 27.4 Å². The van der Waals surface area contributed by atoms with Crippen LogP contribution in [0, 0.1) is 0 Å². The minimum atomic E-state index is -4.26. The number of hydrogen-bond acceptors (Lipinski definition) is 4. The molecule has 1 aromatic heterocycles. The van der Waals surface area contributed by atoms with Gasteiger partial charge in [0.1, 0.15) is 10.4 Å². The van der Waals surface area contributed by atoms with Gasteiger partial charge in [0.2, 0.25) is 15.9 Å². The number of nitrogens with one attached hydrogen (secondary N) is 1. The summed E-state index contributed by atoms with van der Waals surface area (Å²) in [6.07, 6.45) is 0.914. The summed E-state index contributed by atoms with van der Waals surface area (Å²) in [6, 6.07) is 9.15. The summed E-state index contributed by atoms with van der Waals surface area (Å²) >= 11 is 6.01. The predicted octanol–water partition coefficient (Wildman–Crippen LogP) is 2.91. The van der Waals surface area contributed by atoms with Crippen molar-refractivity contribution in [3.63, 3.8) is 0 Å². The van der Waals surface area contributed by atoms with Crippen LogP contribution in [-0.4, -0.2) is 24.1 Å². The molecule has 142 valence electrons. The third kappa shape index (κ3) is 4.24. The van der Waals surface area contributed by atoms with Crippen LogP contribution >= 0.6 is 11.6 Å². The smallest absolute Gasteiger partial charge is 0.326 e. The van der Waals surface area contributed by atoms with Crippen molar-refractivity contribution in [2.75, 3.05) is 5.32 Å². The average Bonchev–Trinajstić information content (AvgIpc) is 2.99. The lowest BCUT2D eigenvalue weighted by atomic mass is 10.1. The van der Waals surface area contributed by atoms with Gasteiger partial charge in [0, 0.05) is 22.3 Å².